The molecule has 0 unspecified atom stereocenters. The molecular weight excluding hydrogens is 418 g/mol. The normalized spacial score (nSPS) is 10.8. The molecule has 0 saturated carbocycles. The van der Waals surface area contributed by atoms with Crippen LogP contribution >= 0.6 is 11.6 Å². The van der Waals surface area contributed by atoms with Crippen molar-refractivity contribution in [3.63, 3.8) is 0 Å². The molecule has 2 aromatic carbocycles. The van der Waals surface area contributed by atoms with Gasteiger partial charge in [0.1, 0.15) is 22.8 Å². The lowest BCUT2D eigenvalue weighted by molar-refractivity contribution is -0.111. The number of phenols is 4. The smallest absolute Gasteiger partial charge is 0.341 e. The van der Waals surface area contributed by atoms with E-state index < -0.39 is 23.4 Å². The number of allylic oxidation sites excluding steroid dienone is 1. The van der Waals surface area contributed by atoms with Crippen LogP contribution in [0.25, 0.3) is 0 Å². The first kappa shape index (κ1) is 22.7. The monoisotopic (exact) mass is 437 g/mol. The lowest BCUT2D eigenvalue weighted by Gasteiger charge is -2.12. The molecule has 0 aliphatic carbocycles. The van der Waals surface area contributed by atoms with Crippen LogP contribution < -0.4 is 10.1 Å². The van der Waals surface area contributed by atoms with E-state index in [1.165, 1.54) is 19.3 Å². The molecule has 0 aliphatic rings. The highest BCUT2D eigenvalue weighted by molar-refractivity contribution is 6.33. The second-order valence-electron chi connectivity index (χ2n) is 6.05. The Bertz CT molecular complexity index is 1000. The number of phenolic OH excluding ortho intramolecular Hbond substituents is 4. The van der Waals surface area contributed by atoms with Crippen LogP contribution in [0.5, 0.6) is 28.7 Å². The minimum absolute atomic E-state index is 0.0168. The summed E-state index contributed by atoms with van der Waals surface area (Å²) in [6, 6.07) is 3.23. The molecule has 0 bridgehead atoms. The van der Waals surface area contributed by atoms with Gasteiger partial charge in [-0.3, -0.25) is 4.79 Å². The van der Waals surface area contributed by atoms with Crippen LogP contribution in [0.15, 0.2) is 30.4 Å². The molecule has 0 spiro atoms. The first-order valence-electron chi connectivity index (χ1n) is 8.58. The molecule has 9 nitrogen and oxygen atoms in total. The molecule has 0 heterocycles. The third-order valence-corrected chi connectivity index (χ3v) is 4.52. The van der Waals surface area contributed by atoms with Gasteiger partial charge in [-0.05, 0) is 24.5 Å². The largest absolute Gasteiger partial charge is 0.507 e. The van der Waals surface area contributed by atoms with Crippen LogP contribution in [0, 0.1) is 0 Å². The van der Waals surface area contributed by atoms with Gasteiger partial charge in [-0.25, -0.2) is 4.79 Å². The molecule has 2 rings (SSSR count). The fraction of sp³-hybridized carbons (Fsp3) is 0.200. The summed E-state index contributed by atoms with van der Waals surface area (Å²) in [6.07, 6.45) is 2.98. The summed E-state index contributed by atoms with van der Waals surface area (Å²) in [7, 11) is 2.46. The molecule has 0 aromatic heterocycles. The summed E-state index contributed by atoms with van der Waals surface area (Å²) in [4.78, 5) is 23.9. The highest BCUT2D eigenvalue weighted by atomic mass is 35.5. The van der Waals surface area contributed by atoms with Crippen LogP contribution in [0.3, 0.4) is 0 Å². The number of esters is 1. The van der Waals surface area contributed by atoms with E-state index in [4.69, 9.17) is 16.3 Å². The van der Waals surface area contributed by atoms with Gasteiger partial charge in [-0.15, -0.1) is 0 Å². The fourth-order valence-corrected chi connectivity index (χ4v) is 2.91. The quantitative estimate of drug-likeness (QED) is 0.192. The third kappa shape index (κ3) is 5.06. The number of carbonyl (C=O) groups excluding carboxylic acids is 2. The number of benzene rings is 2. The Labute approximate surface area is 176 Å². The summed E-state index contributed by atoms with van der Waals surface area (Å²) in [5.41, 5.74) is -0.0162. The van der Waals surface area contributed by atoms with Crippen molar-refractivity contribution < 1.29 is 39.5 Å². The fourth-order valence-electron chi connectivity index (χ4n) is 2.66. The van der Waals surface area contributed by atoms with Crippen molar-refractivity contribution in [2.24, 2.45) is 0 Å². The van der Waals surface area contributed by atoms with Gasteiger partial charge in [0.2, 0.25) is 5.91 Å². The number of carbonyl (C=O) groups is 2. The maximum Gasteiger partial charge on any atom is 0.341 e. The summed E-state index contributed by atoms with van der Waals surface area (Å²) >= 11 is 6.04. The number of anilines is 1. The van der Waals surface area contributed by atoms with E-state index in [1.807, 2.05) is 0 Å². The Kier molecular flexibility index (Phi) is 7.38. The Hall–Kier alpha value is -3.59. The van der Waals surface area contributed by atoms with Gasteiger partial charge < -0.3 is 35.2 Å². The number of aromatic hydroxyl groups is 4. The minimum Gasteiger partial charge on any atom is -0.507 e. The number of nitrogens with one attached hydrogen (secondary N) is 1. The predicted molar refractivity (Wildman–Crippen MR) is 109 cm³/mol. The van der Waals surface area contributed by atoms with Crippen molar-refractivity contribution in [1.82, 2.24) is 0 Å². The zero-order valence-corrected chi connectivity index (χ0v) is 16.9. The van der Waals surface area contributed by atoms with Gasteiger partial charge in [0.25, 0.3) is 0 Å². The predicted octanol–water partition coefficient (Wildman–Crippen LogP) is 3.09. The number of hydrogen-bond acceptors (Lipinski definition) is 8. The van der Waals surface area contributed by atoms with E-state index >= 15 is 0 Å². The van der Waals surface area contributed by atoms with E-state index in [-0.39, 0.29) is 51.9 Å². The second-order valence-corrected chi connectivity index (χ2v) is 6.42. The molecule has 160 valence electrons. The van der Waals surface area contributed by atoms with Crippen molar-refractivity contribution in [3.8, 4) is 28.7 Å². The highest BCUT2D eigenvalue weighted by Gasteiger charge is 2.22. The van der Waals surface area contributed by atoms with Crippen LogP contribution in [0.1, 0.15) is 22.3 Å². The summed E-state index contributed by atoms with van der Waals surface area (Å²) in [5.74, 6) is -2.79. The number of ether oxygens (including phenoxy) is 2. The molecule has 0 aliphatic heterocycles. The van der Waals surface area contributed by atoms with Crippen molar-refractivity contribution in [1.29, 1.82) is 0 Å². The number of methoxy groups -OCH3 is 2. The number of amides is 1. The molecule has 0 atom stereocenters. The van der Waals surface area contributed by atoms with Gasteiger partial charge in [-0.2, -0.15) is 0 Å². The average molecular weight is 438 g/mol. The Morgan fingerprint density at radius 3 is 2.37 bits per heavy atom. The van der Waals surface area contributed by atoms with Crippen LogP contribution in [0.2, 0.25) is 5.02 Å². The van der Waals surface area contributed by atoms with Gasteiger partial charge in [-0.1, -0.05) is 17.7 Å². The van der Waals surface area contributed by atoms with E-state index in [1.54, 1.807) is 0 Å². The number of halogens is 1. The molecule has 0 fully saturated rings. The van der Waals surface area contributed by atoms with Crippen LogP contribution in [0.4, 0.5) is 5.69 Å². The standard InChI is InChI=1S/C20H20ClNO8/c1-29-16-9-12(23)11(7-13(16)24)22-17(27)6-4-3-5-10-18(20(28)30-2)14(25)8-15(26)19(10)21/h4,6-9,23-26H,3,5H2,1-2H3,(H,22,27)/b6-4+. The Morgan fingerprint density at radius 2 is 1.73 bits per heavy atom. The first-order chi connectivity index (χ1) is 14.2. The van der Waals surface area contributed by atoms with Crippen molar-refractivity contribution >= 4 is 29.2 Å². The zero-order valence-electron chi connectivity index (χ0n) is 16.1. The van der Waals surface area contributed by atoms with Crippen LogP contribution in [-0.4, -0.2) is 46.5 Å². The molecule has 10 heteroatoms. The molecular formula is C20H20ClNO8. The molecule has 0 saturated heterocycles. The number of hydrogen-bond donors (Lipinski definition) is 5. The topological polar surface area (TPSA) is 146 Å². The SMILES string of the molecule is COC(=O)c1c(O)cc(O)c(Cl)c1CC/C=C/C(=O)Nc1cc(O)c(OC)cc1O. The lowest BCUT2D eigenvalue weighted by atomic mass is 10.0. The number of rotatable bonds is 7. The highest BCUT2D eigenvalue weighted by Crippen LogP contribution is 2.38. The van der Waals surface area contributed by atoms with Crippen LogP contribution in [-0.2, 0) is 16.0 Å². The van der Waals surface area contributed by atoms with Gasteiger partial charge in [0, 0.05) is 18.2 Å². The zero-order chi connectivity index (χ0) is 22.4. The van der Waals surface area contributed by atoms with Crippen molar-refractivity contribution in [3.05, 3.63) is 46.5 Å². The lowest BCUT2D eigenvalue weighted by Crippen LogP contribution is -2.08. The average Bonchev–Trinajstić information content (AvgIpc) is 2.70. The molecule has 0 radical (unpaired) electrons. The first-order valence-corrected chi connectivity index (χ1v) is 8.96. The molecule has 5 N–H and O–H groups in total. The summed E-state index contributed by atoms with van der Waals surface area (Å²) < 4.78 is 9.48. The Morgan fingerprint density at radius 1 is 1.03 bits per heavy atom. The van der Waals surface area contributed by atoms with Crippen molar-refractivity contribution in [2.75, 3.05) is 19.5 Å². The molecule has 2 aromatic rings. The van der Waals surface area contributed by atoms with E-state index in [9.17, 15) is 30.0 Å². The van der Waals surface area contributed by atoms with E-state index in [0.717, 1.165) is 25.3 Å². The second kappa shape index (κ2) is 9.75. The van der Waals surface area contributed by atoms with Gasteiger partial charge >= 0.3 is 5.97 Å². The van der Waals surface area contributed by atoms with Crippen molar-refractivity contribution in [2.45, 2.75) is 12.8 Å². The van der Waals surface area contributed by atoms with Gasteiger partial charge in [0.15, 0.2) is 11.5 Å². The Balaban J connectivity index is 2.10. The van der Waals surface area contributed by atoms with Gasteiger partial charge in [0.05, 0.1) is 24.9 Å². The minimum atomic E-state index is -0.819. The third-order valence-electron chi connectivity index (χ3n) is 4.10. The maximum absolute atomic E-state index is 12.0. The molecule has 30 heavy (non-hydrogen) atoms. The van der Waals surface area contributed by atoms with E-state index in [0.29, 0.717) is 0 Å². The summed E-state index contributed by atoms with van der Waals surface area (Å²) in [5, 5.41) is 41.6. The molecule has 1 amide bonds. The maximum atomic E-state index is 12.0. The van der Waals surface area contributed by atoms with E-state index in [2.05, 4.69) is 10.1 Å². The summed E-state index contributed by atoms with van der Waals surface area (Å²) in [6.45, 7) is 0.